The number of carbonyl (C=O) groups is 2. The minimum absolute atomic E-state index is 0.344. The summed E-state index contributed by atoms with van der Waals surface area (Å²) in [6.45, 7) is -0.869. The summed E-state index contributed by atoms with van der Waals surface area (Å²) < 4.78 is 12.6. The number of ether oxygens (including phenoxy) is 2. The average molecular weight is 398 g/mol. The summed E-state index contributed by atoms with van der Waals surface area (Å²) in [6.07, 6.45) is 1.67. The Bertz CT molecular complexity index is 740. The van der Waals surface area contributed by atoms with Crippen LogP contribution in [0.25, 0.3) is 11.3 Å². The molecule has 0 aliphatic carbocycles. The number of hydrogen-bond donors (Lipinski definition) is 2. The van der Waals surface area contributed by atoms with Crippen molar-refractivity contribution in [1.29, 1.82) is 0 Å². The lowest BCUT2D eigenvalue weighted by Crippen LogP contribution is -2.20. The number of aromatic nitrogens is 2. The molecule has 1 amide bonds. The molecule has 0 saturated carbocycles. The molecular formula is C15H16BrN3O5. The smallest absolute Gasteiger partial charge is 0.329 e. The van der Waals surface area contributed by atoms with Gasteiger partial charge >= 0.3 is 5.97 Å². The highest BCUT2D eigenvalue weighted by Crippen LogP contribution is 2.36. The monoisotopic (exact) mass is 397 g/mol. The van der Waals surface area contributed by atoms with Crippen LogP contribution in [0.5, 0.6) is 5.75 Å². The number of carboxylic acids is 1. The van der Waals surface area contributed by atoms with E-state index in [9.17, 15) is 9.59 Å². The van der Waals surface area contributed by atoms with Gasteiger partial charge in [0.1, 0.15) is 19.0 Å². The summed E-state index contributed by atoms with van der Waals surface area (Å²) in [7, 11) is 3.35. The van der Waals surface area contributed by atoms with Gasteiger partial charge in [-0.2, -0.15) is 5.10 Å². The SMILES string of the molecule is COc1ccc(NC(=O)COCC(=O)O)cc1-c1c(Br)cnn1C. The Balaban J connectivity index is 2.20. The molecule has 0 spiro atoms. The van der Waals surface area contributed by atoms with Crippen molar-refractivity contribution < 1.29 is 24.2 Å². The fourth-order valence-electron chi connectivity index (χ4n) is 2.11. The standard InChI is InChI=1S/C15H16BrN3O5/c1-19-15(11(16)6-17-19)10-5-9(3-4-12(10)23-2)18-13(20)7-24-8-14(21)22/h3-6H,7-8H2,1-2H3,(H,18,20)(H,21,22). The van der Waals surface area contributed by atoms with E-state index in [0.29, 0.717) is 11.4 Å². The molecule has 0 radical (unpaired) electrons. The summed E-state index contributed by atoms with van der Waals surface area (Å²) in [5.41, 5.74) is 2.07. The number of aryl methyl sites for hydroxylation is 1. The second-order valence-electron chi connectivity index (χ2n) is 4.81. The van der Waals surface area contributed by atoms with E-state index in [1.54, 1.807) is 43.2 Å². The zero-order valence-electron chi connectivity index (χ0n) is 13.1. The van der Waals surface area contributed by atoms with Crippen LogP contribution in [0.1, 0.15) is 0 Å². The van der Waals surface area contributed by atoms with Crippen LogP contribution >= 0.6 is 15.9 Å². The topological polar surface area (TPSA) is 103 Å². The lowest BCUT2D eigenvalue weighted by Gasteiger charge is -2.12. The first-order chi connectivity index (χ1) is 11.4. The van der Waals surface area contributed by atoms with E-state index in [2.05, 4.69) is 26.3 Å². The first-order valence-corrected chi connectivity index (χ1v) is 7.67. The Morgan fingerprint density at radius 3 is 2.71 bits per heavy atom. The molecule has 24 heavy (non-hydrogen) atoms. The van der Waals surface area contributed by atoms with Crippen molar-refractivity contribution in [3.05, 3.63) is 28.9 Å². The summed E-state index contributed by atoms with van der Waals surface area (Å²) in [6, 6.07) is 5.15. The molecule has 2 N–H and O–H groups in total. The van der Waals surface area contributed by atoms with Gasteiger partial charge in [-0.15, -0.1) is 0 Å². The van der Waals surface area contributed by atoms with Crippen LogP contribution in [-0.4, -0.2) is 47.1 Å². The number of hydrogen-bond acceptors (Lipinski definition) is 5. The molecule has 2 aromatic rings. The molecule has 9 heteroatoms. The molecule has 0 saturated heterocycles. The van der Waals surface area contributed by atoms with E-state index >= 15 is 0 Å². The number of nitrogens with one attached hydrogen (secondary N) is 1. The van der Waals surface area contributed by atoms with Crippen LogP contribution in [-0.2, 0) is 21.4 Å². The molecule has 128 valence electrons. The molecule has 0 aliphatic heterocycles. The highest BCUT2D eigenvalue weighted by Gasteiger charge is 2.15. The van der Waals surface area contributed by atoms with Crippen LogP contribution in [0.3, 0.4) is 0 Å². The first-order valence-electron chi connectivity index (χ1n) is 6.87. The molecule has 0 bridgehead atoms. The summed E-state index contributed by atoms with van der Waals surface area (Å²) in [4.78, 5) is 22.2. The van der Waals surface area contributed by atoms with Crippen LogP contribution in [0.15, 0.2) is 28.9 Å². The lowest BCUT2D eigenvalue weighted by molar-refractivity contribution is -0.143. The van der Waals surface area contributed by atoms with Crippen molar-refractivity contribution in [2.75, 3.05) is 25.6 Å². The Morgan fingerprint density at radius 1 is 1.38 bits per heavy atom. The highest BCUT2D eigenvalue weighted by atomic mass is 79.9. The molecule has 8 nitrogen and oxygen atoms in total. The molecule has 0 aliphatic rings. The second kappa shape index (κ2) is 7.93. The van der Waals surface area contributed by atoms with Crippen molar-refractivity contribution in [2.24, 2.45) is 7.05 Å². The second-order valence-corrected chi connectivity index (χ2v) is 5.67. The Hall–Kier alpha value is -2.39. The van der Waals surface area contributed by atoms with Gasteiger partial charge in [0, 0.05) is 18.3 Å². The van der Waals surface area contributed by atoms with E-state index < -0.39 is 18.5 Å². The number of benzene rings is 1. The van der Waals surface area contributed by atoms with Gasteiger partial charge in [0.05, 0.1) is 23.5 Å². The molecule has 1 aromatic heterocycles. The Kier molecular flexibility index (Phi) is 5.93. The molecular weight excluding hydrogens is 382 g/mol. The van der Waals surface area contributed by atoms with Crippen LogP contribution in [0.2, 0.25) is 0 Å². The fraction of sp³-hybridized carbons (Fsp3) is 0.267. The van der Waals surface area contributed by atoms with Gasteiger partial charge in [0.25, 0.3) is 0 Å². The van der Waals surface area contributed by atoms with Gasteiger partial charge in [-0.05, 0) is 34.1 Å². The van der Waals surface area contributed by atoms with Crippen LogP contribution < -0.4 is 10.1 Å². The summed E-state index contributed by atoms with van der Waals surface area (Å²) >= 11 is 3.44. The van der Waals surface area contributed by atoms with Crippen molar-refractivity contribution in [1.82, 2.24) is 9.78 Å². The Labute approximate surface area is 146 Å². The van der Waals surface area contributed by atoms with E-state index in [1.807, 2.05) is 0 Å². The lowest BCUT2D eigenvalue weighted by atomic mass is 10.1. The number of rotatable bonds is 7. The maximum Gasteiger partial charge on any atom is 0.329 e. The van der Waals surface area contributed by atoms with E-state index in [-0.39, 0.29) is 6.61 Å². The van der Waals surface area contributed by atoms with Crippen molar-refractivity contribution in [3.63, 3.8) is 0 Å². The zero-order valence-corrected chi connectivity index (χ0v) is 14.7. The van der Waals surface area contributed by atoms with Gasteiger partial charge in [0.2, 0.25) is 5.91 Å². The number of nitrogens with zero attached hydrogens (tertiary/aromatic N) is 2. The average Bonchev–Trinajstić information content (AvgIpc) is 2.85. The fourth-order valence-corrected chi connectivity index (χ4v) is 2.67. The Morgan fingerprint density at radius 2 is 2.12 bits per heavy atom. The quantitative estimate of drug-likeness (QED) is 0.739. The molecule has 2 rings (SSSR count). The highest BCUT2D eigenvalue weighted by molar-refractivity contribution is 9.10. The zero-order chi connectivity index (χ0) is 17.7. The molecule has 0 unspecified atom stereocenters. The third-order valence-electron chi connectivity index (χ3n) is 3.09. The first kappa shape index (κ1) is 18.0. The van der Waals surface area contributed by atoms with E-state index in [1.165, 1.54) is 0 Å². The van der Waals surface area contributed by atoms with Crippen molar-refractivity contribution in [2.45, 2.75) is 0 Å². The predicted octanol–water partition coefficient (Wildman–Crippen LogP) is 1.90. The van der Waals surface area contributed by atoms with E-state index in [4.69, 9.17) is 14.6 Å². The van der Waals surface area contributed by atoms with Gasteiger partial charge in [-0.1, -0.05) is 0 Å². The van der Waals surface area contributed by atoms with Gasteiger partial charge < -0.3 is 19.9 Å². The maximum absolute atomic E-state index is 11.8. The van der Waals surface area contributed by atoms with Gasteiger partial charge in [-0.3, -0.25) is 9.48 Å². The van der Waals surface area contributed by atoms with E-state index in [0.717, 1.165) is 15.7 Å². The number of aliphatic carboxylic acids is 1. The summed E-state index contributed by atoms with van der Waals surface area (Å²) in [5.74, 6) is -0.952. The van der Waals surface area contributed by atoms with Crippen molar-refractivity contribution in [3.8, 4) is 17.0 Å². The minimum Gasteiger partial charge on any atom is -0.496 e. The molecule has 0 fully saturated rings. The number of methoxy groups -OCH3 is 1. The normalized spacial score (nSPS) is 10.5. The number of amides is 1. The van der Waals surface area contributed by atoms with Crippen LogP contribution in [0, 0.1) is 0 Å². The maximum atomic E-state index is 11.8. The largest absolute Gasteiger partial charge is 0.496 e. The number of anilines is 1. The predicted molar refractivity (Wildman–Crippen MR) is 90.0 cm³/mol. The number of carboxylic acid groups (broad SMARTS) is 1. The number of carbonyl (C=O) groups excluding carboxylic acids is 1. The molecule has 1 aromatic carbocycles. The van der Waals surface area contributed by atoms with Gasteiger partial charge in [-0.25, -0.2) is 4.79 Å². The number of halogens is 1. The van der Waals surface area contributed by atoms with Crippen molar-refractivity contribution >= 4 is 33.5 Å². The third-order valence-corrected chi connectivity index (χ3v) is 3.67. The molecule has 0 atom stereocenters. The van der Waals surface area contributed by atoms with Gasteiger partial charge in [0.15, 0.2) is 0 Å². The van der Waals surface area contributed by atoms with Crippen LogP contribution in [0.4, 0.5) is 5.69 Å². The molecule has 1 heterocycles. The summed E-state index contributed by atoms with van der Waals surface area (Å²) in [5, 5.41) is 15.3. The minimum atomic E-state index is -1.13. The third kappa shape index (κ3) is 4.33.